The first-order chi connectivity index (χ1) is 9.56. The Morgan fingerprint density at radius 1 is 1.40 bits per heavy atom. The number of nitrogens with zero attached hydrogens (tertiary/aromatic N) is 3. The summed E-state index contributed by atoms with van der Waals surface area (Å²) in [6.07, 6.45) is 2.73. The standard InChI is InChI=1S/C15H21BrN4/c1-5-20-14(15(16)11(3)19-20)9-12(17-4)13-8-10(2)6-7-18-13/h6-8,12,17H,5,9H2,1-4H3. The lowest BCUT2D eigenvalue weighted by molar-refractivity contribution is 0.530. The first kappa shape index (κ1) is 15.2. The SMILES string of the molecule is CCn1nc(C)c(Br)c1CC(NC)c1cc(C)ccn1. The molecule has 0 aliphatic rings. The van der Waals surface area contributed by atoms with E-state index < -0.39 is 0 Å². The first-order valence-corrected chi connectivity index (χ1v) is 7.67. The lowest BCUT2D eigenvalue weighted by Crippen LogP contribution is -2.22. The van der Waals surface area contributed by atoms with E-state index >= 15 is 0 Å². The number of pyridine rings is 1. The van der Waals surface area contributed by atoms with Crippen LogP contribution in [0.25, 0.3) is 0 Å². The lowest BCUT2D eigenvalue weighted by Gasteiger charge is -2.17. The molecule has 2 aromatic rings. The average molecular weight is 337 g/mol. The maximum Gasteiger partial charge on any atom is 0.0738 e. The second kappa shape index (κ2) is 6.50. The Bertz CT molecular complexity index is 592. The van der Waals surface area contributed by atoms with Crippen LogP contribution >= 0.6 is 15.9 Å². The molecule has 2 aromatic heterocycles. The fourth-order valence-corrected chi connectivity index (χ4v) is 2.81. The molecule has 5 heteroatoms. The van der Waals surface area contributed by atoms with Crippen LogP contribution in [0.4, 0.5) is 0 Å². The zero-order valence-electron chi connectivity index (χ0n) is 12.4. The first-order valence-electron chi connectivity index (χ1n) is 6.88. The molecule has 0 radical (unpaired) electrons. The van der Waals surface area contributed by atoms with Gasteiger partial charge in [-0.1, -0.05) is 0 Å². The fourth-order valence-electron chi connectivity index (χ4n) is 2.36. The van der Waals surface area contributed by atoms with E-state index in [9.17, 15) is 0 Å². The van der Waals surface area contributed by atoms with Crippen molar-refractivity contribution in [3.63, 3.8) is 0 Å². The molecule has 0 aliphatic heterocycles. The van der Waals surface area contributed by atoms with Crippen molar-refractivity contribution in [1.82, 2.24) is 20.1 Å². The van der Waals surface area contributed by atoms with Crippen LogP contribution in [-0.4, -0.2) is 21.8 Å². The monoisotopic (exact) mass is 336 g/mol. The number of halogens is 1. The van der Waals surface area contributed by atoms with Crippen LogP contribution in [0, 0.1) is 13.8 Å². The molecule has 0 saturated carbocycles. The van der Waals surface area contributed by atoms with Crippen molar-refractivity contribution >= 4 is 15.9 Å². The Labute approximate surface area is 128 Å². The van der Waals surface area contributed by atoms with Crippen molar-refractivity contribution in [2.75, 3.05) is 7.05 Å². The van der Waals surface area contributed by atoms with E-state index in [1.807, 2.05) is 26.2 Å². The summed E-state index contributed by atoms with van der Waals surface area (Å²) in [5, 5.41) is 7.91. The summed E-state index contributed by atoms with van der Waals surface area (Å²) in [5.41, 5.74) is 4.55. The van der Waals surface area contributed by atoms with Crippen LogP contribution < -0.4 is 5.32 Å². The summed E-state index contributed by atoms with van der Waals surface area (Å²) in [6.45, 7) is 7.11. The normalized spacial score (nSPS) is 12.7. The maximum atomic E-state index is 4.55. The smallest absolute Gasteiger partial charge is 0.0738 e. The van der Waals surface area contributed by atoms with Crippen molar-refractivity contribution in [3.05, 3.63) is 45.4 Å². The third-order valence-corrected chi connectivity index (χ3v) is 4.52. The molecule has 1 atom stereocenters. The molecule has 0 saturated heterocycles. The van der Waals surface area contributed by atoms with Gasteiger partial charge in [-0.15, -0.1) is 0 Å². The van der Waals surface area contributed by atoms with E-state index in [4.69, 9.17) is 0 Å². The summed E-state index contributed by atoms with van der Waals surface area (Å²) < 4.78 is 3.16. The molecule has 2 rings (SSSR count). The van der Waals surface area contributed by atoms with Crippen LogP contribution in [0.15, 0.2) is 22.8 Å². The van der Waals surface area contributed by atoms with Gasteiger partial charge >= 0.3 is 0 Å². The zero-order chi connectivity index (χ0) is 14.7. The van der Waals surface area contributed by atoms with Gasteiger partial charge in [0.05, 0.1) is 27.6 Å². The second-order valence-electron chi connectivity index (χ2n) is 4.97. The molecule has 0 aromatic carbocycles. The molecule has 1 N–H and O–H groups in total. The third-order valence-electron chi connectivity index (χ3n) is 3.49. The lowest BCUT2D eigenvalue weighted by atomic mass is 10.1. The van der Waals surface area contributed by atoms with Crippen LogP contribution in [0.2, 0.25) is 0 Å². The Balaban J connectivity index is 2.31. The van der Waals surface area contributed by atoms with Crippen molar-refractivity contribution in [2.45, 2.75) is 39.8 Å². The van der Waals surface area contributed by atoms with Crippen molar-refractivity contribution in [2.24, 2.45) is 0 Å². The molecule has 0 spiro atoms. The Morgan fingerprint density at radius 3 is 2.75 bits per heavy atom. The van der Waals surface area contributed by atoms with Crippen LogP contribution in [-0.2, 0) is 13.0 Å². The van der Waals surface area contributed by atoms with Gasteiger partial charge in [-0.3, -0.25) is 9.67 Å². The van der Waals surface area contributed by atoms with E-state index in [0.29, 0.717) is 0 Å². The molecule has 4 nitrogen and oxygen atoms in total. The number of likely N-dealkylation sites (N-methyl/N-ethyl adjacent to an activating group) is 1. The third kappa shape index (κ3) is 3.10. The molecule has 0 aliphatic carbocycles. The summed E-state index contributed by atoms with van der Waals surface area (Å²) in [5.74, 6) is 0. The number of aryl methyl sites for hydroxylation is 3. The average Bonchev–Trinajstić information content (AvgIpc) is 2.71. The highest BCUT2D eigenvalue weighted by Gasteiger charge is 2.18. The predicted molar refractivity (Wildman–Crippen MR) is 84.8 cm³/mol. The molecule has 108 valence electrons. The van der Waals surface area contributed by atoms with Crippen LogP contribution in [0.5, 0.6) is 0 Å². The molecular weight excluding hydrogens is 316 g/mol. The van der Waals surface area contributed by atoms with E-state index in [2.05, 4.69) is 55.9 Å². The van der Waals surface area contributed by atoms with Crippen molar-refractivity contribution < 1.29 is 0 Å². The predicted octanol–water partition coefficient (Wildman–Crippen LogP) is 3.18. The highest BCUT2D eigenvalue weighted by molar-refractivity contribution is 9.10. The van der Waals surface area contributed by atoms with Crippen LogP contribution in [0.1, 0.15) is 35.6 Å². The van der Waals surface area contributed by atoms with Gasteiger partial charge in [0.15, 0.2) is 0 Å². The van der Waals surface area contributed by atoms with E-state index in [1.54, 1.807) is 0 Å². The quantitative estimate of drug-likeness (QED) is 0.911. The summed E-state index contributed by atoms with van der Waals surface area (Å²) in [6, 6.07) is 4.34. The Kier molecular flexibility index (Phi) is 4.94. The number of hydrogen-bond donors (Lipinski definition) is 1. The molecule has 0 fully saturated rings. The van der Waals surface area contributed by atoms with E-state index in [1.165, 1.54) is 11.3 Å². The highest BCUT2D eigenvalue weighted by Crippen LogP contribution is 2.26. The largest absolute Gasteiger partial charge is 0.311 e. The summed E-state index contributed by atoms with van der Waals surface area (Å²) in [4.78, 5) is 4.49. The maximum absolute atomic E-state index is 4.55. The second-order valence-corrected chi connectivity index (χ2v) is 5.76. The van der Waals surface area contributed by atoms with E-state index in [-0.39, 0.29) is 6.04 Å². The van der Waals surface area contributed by atoms with Crippen molar-refractivity contribution in [3.8, 4) is 0 Å². The van der Waals surface area contributed by atoms with Crippen LogP contribution in [0.3, 0.4) is 0 Å². The van der Waals surface area contributed by atoms with Gasteiger partial charge in [0.2, 0.25) is 0 Å². The molecular formula is C15H21BrN4. The highest BCUT2D eigenvalue weighted by atomic mass is 79.9. The number of rotatable bonds is 5. The van der Waals surface area contributed by atoms with Gasteiger partial charge in [-0.05, 0) is 61.4 Å². The van der Waals surface area contributed by atoms with Gasteiger partial charge < -0.3 is 5.32 Å². The van der Waals surface area contributed by atoms with E-state index in [0.717, 1.165) is 28.8 Å². The molecule has 2 heterocycles. The minimum atomic E-state index is 0.188. The van der Waals surface area contributed by atoms with Gasteiger partial charge in [-0.25, -0.2) is 0 Å². The minimum Gasteiger partial charge on any atom is -0.311 e. The summed E-state index contributed by atoms with van der Waals surface area (Å²) in [7, 11) is 1.97. The van der Waals surface area contributed by atoms with Gasteiger partial charge in [-0.2, -0.15) is 5.10 Å². The van der Waals surface area contributed by atoms with Gasteiger partial charge in [0.25, 0.3) is 0 Å². The summed E-state index contributed by atoms with van der Waals surface area (Å²) >= 11 is 3.66. The van der Waals surface area contributed by atoms with Gasteiger partial charge in [0.1, 0.15) is 0 Å². The molecule has 20 heavy (non-hydrogen) atoms. The molecule has 0 bridgehead atoms. The Morgan fingerprint density at radius 2 is 2.15 bits per heavy atom. The van der Waals surface area contributed by atoms with Gasteiger partial charge in [0, 0.05) is 19.2 Å². The number of aromatic nitrogens is 3. The number of nitrogens with one attached hydrogen (secondary N) is 1. The number of hydrogen-bond acceptors (Lipinski definition) is 3. The minimum absolute atomic E-state index is 0.188. The topological polar surface area (TPSA) is 42.7 Å². The van der Waals surface area contributed by atoms with Crippen molar-refractivity contribution in [1.29, 1.82) is 0 Å². The Hall–Kier alpha value is -1.20. The molecule has 0 amide bonds. The zero-order valence-corrected chi connectivity index (χ0v) is 14.0. The fraction of sp³-hybridized carbons (Fsp3) is 0.467. The molecule has 1 unspecified atom stereocenters.